The van der Waals surface area contributed by atoms with Gasteiger partial charge in [-0.05, 0) is 31.9 Å². The smallest absolute Gasteiger partial charge is 0.276 e. The molecule has 0 aromatic carbocycles. The minimum absolute atomic E-state index is 0.0647. The van der Waals surface area contributed by atoms with Crippen LogP contribution in [0.15, 0.2) is 28.9 Å². The minimum atomic E-state index is -0.174. The normalized spacial score (nSPS) is 19.0. The molecular weight excluding hydrogens is 280 g/mol. The Kier molecular flexibility index (Phi) is 4.09. The van der Waals surface area contributed by atoms with Crippen molar-refractivity contribution < 1.29 is 9.21 Å². The number of carbonyl (C=O) groups is 1. The Morgan fingerprint density at radius 1 is 1.27 bits per heavy atom. The van der Waals surface area contributed by atoms with Crippen molar-refractivity contribution in [1.29, 1.82) is 0 Å². The lowest BCUT2D eigenvalue weighted by Gasteiger charge is -2.28. The summed E-state index contributed by atoms with van der Waals surface area (Å²) >= 11 is 0. The monoisotopic (exact) mass is 300 g/mol. The van der Waals surface area contributed by atoms with Gasteiger partial charge in [-0.3, -0.25) is 4.79 Å². The van der Waals surface area contributed by atoms with E-state index in [1.165, 1.54) is 12.4 Å². The number of aryl methyl sites for hydroxylation is 1. The van der Waals surface area contributed by atoms with Gasteiger partial charge in [0.25, 0.3) is 5.91 Å². The second-order valence-electron chi connectivity index (χ2n) is 5.60. The average Bonchev–Trinajstić information content (AvgIpc) is 2.80. The second kappa shape index (κ2) is 6.17. The summed E-state index contributed by atoms with van der Waals surface area (Å²) in [7, 11) is 0. The number of nitrogens with zero attached hydrogens (tertiary/aromatic N) is 3. The molecule has 1 aliphatic rings. The fourth-order valence-electron chi connectivity index (χ4n) is 2.93. The van der Waals surface area contributed by atoms with E-state index in [1.54, 1.807) is 0 Å². The lowest BCUT2D eigenvalue weighted by atomic mass is 10.1. The second-order valence-corrected chi connectivity index (χ2v) is 5.60. The summed E-state index contributed by atoms with van der Waals surface area (Å²) in [4.78, 5) is 22.8. The predicted octanol–water partition coefficient (Wildman–Crippen LogP) is 2.72. The maximum atomic E-state index is 12.9. The number of aromatic nitrogens is 2. The number of nitrogen functional groups attached to an aromatic ring is 1. The first-order valence-electron chi connectivity index (χ1n) is 7.60. The number of hydrogen-bond donors (Lipinski definition) is 1. The number of hydrogen-bond acceptors (Lipinski definition) is 5. The van der Waals surface area contributed by atoms with Gasteiger partial charge in [0.1, 0.15) is 11.5 Å². The Bertz CT molecular complexity index is 668. The molecule has 22 heavy (non-hydrogen) atoms. The fraction of sp³-hybridized carbons (Fsp3) is 0.438. The zero-order valence-electron chi connectivity index (χ0n) is 12.7. The third-order valence-corrected chi connectivity index (χ3v) is 4.03. The Balaban J connectivity index is 1.94. The van der Waals surface area contributed by atoms with Crippen molar-refractivity contribution in [2.45, 2.75) is 38.6 Å². The van der Waals surface area contributed by atoms with Gasteiger partial charge in [-0.15, -0.1) is 0 Å². The van der Waals surface area contributed by atoms with Crippen LogP contribution in [-0.4, -0.2) is 27.3 Å². The summed E-state index contributed by atoms with van der Waals surface area (Å²) < 4.78 is 5.76. The summed E-state index contributed by atoms with van der Waals surface area (Å²) in [6, 6.07) is 3.82. The van der Waals surface area contributed by atoms with Crippen LogP contribution < -0.4 is 5.73 Å². The summed E-state index contributed by atoms with van der Waals surface area (Å²) in [5.41, 5.74) is 6.03. The first-order valence-corrected chi connectivity index (χ1v) is 7.60. The third-order valence-electron chi connectivity index (χ3n) is 4.03. The zero-order valence-corrected chi connectivity index (χ0v) is 12.7. The van der Waals surface area contributed by atoms with Gasteiger partial charge in [0, 0.05) is 18.9 Å². The van der Waals surface area contributed by atoms with Gasteiger partial charge < -0.3 is 15.1 Å². The highest BCUT2D eigenvalue weighted by atomic mass is 16.3. The third kappa shape index (κ3) is 2.81. The number of furan rings is 1. The fourth-order valence-corrected chi connectivity index (χ4v) is 2.93. The minimum Gasteiger partial charge on any atom is -0.464 e. The number of likely N-dealkylation sites (tertiary alicyclic amines) is 1. The van der Waals surface area contributed by atoms with Gasteiger partial charge in [0.15, 0.2) is 11.5 Å². The molecule has 1 atom stereocenters. The van der Waals surface area contributed by atoms with Crippen molar-refractivity contribution in [3.8, 4) is 0 Å². The molecule has 0 aliphatic carbocycles. The Hall–Kier alpha value is -2.37. The van der Waals surface area contributed by atoms with Crippen LogP contribution in [0, 0.1) is 6.92 Å². The van der Waals surface area contributed by atoms with Crippen molar-refractivity contribution in [1.82, 2.24) is 14.9 Å². The van der Waals surface area contributed by atoms with Gasteiger partial charge >= 0.3 is 0 Å². The van der Waals surface area contributed by atoms with E-state index in [9.17, 15) is 4.79 Å². The Morgan fingerprint density at radius 3 is 2.82 bits per heavy atom. The lowest BCUT2D eigenvalue weighted by molar-refractivity contribution is 0.0652. The van der Waals surface area contributed by atoms with E-state index >= 15 is 0 Å². The first kappa shape index (κ1) is 14.6. The maximum absolute atomic E-state index is 12.9. The van der Waals surface area contributed by atoms with Crippen molar-refractivity contribution in [2.24, 2.45) is 0 Å². The number of carbonyl (C=O) groups excluding carboxylic acids is 1. The van der Waals surface area contributed by atoms with Crippen molar-refractivity contribution in [3.05, 3.63) is 41.7 Å². The SMILES string of the molecule is Cc1ccc([C@H]2CCCCCN2C(=O)c2nccnc2N)o1. The predicted molar refractivity (Wildman–Crippen MR) is 82.1 cm³/mol. The van der Waals surface area contributed by atoms with E-state index in [-0.39, 0.29) is 23.5 Å². The van der Waals surface area contributed by atoms with Crippen LogP contribution in [0.1, 0.15) is 53.7 Å². The van der Waals surface area contributed by atoms with Crippen LogP contribution in [0.4, 0.5) is 5.82 Å². The summed E-state index contributed by atoms with van der Waals surface area (Å²) in [6.07, 6.45) is 7.02. The van der Waals surface area contributed by atoms with Crippen LogP contribution in [0.2, 0.25) is 0 Å². The molecular formula is C16H20N4O2. The van der Waals surface area contributed by atoms with E-state index in [1.807, 2.05) is 24.0 Å². The Morgan fingerprint density at radius 2 is 2.09 bits per heavy atom. The molecule has 6 nitrogen and oxygen atoms in total. The van der Waals surface area contributed by atoms with E-state index in [2.05, 4.69) is 9.97 Å². The highest BCUT2D eigenvalue weighted by Crippen LogP contribution is 2.32. The highest BCUT2D eigenvalue weighted by molar-refractivity contribution is 5.96. The summed E-state index contributed by atoms with van der Waals surface area (Å²) in [5.74, 6) is 1.68. The molecule has 0 bridgehead atoms. The molecule has 2 N–H and O–H groups in total. The number of rotatable bonds is 2. The van der Waals surface area contributed by atoms with Gasteiger partial charge in [-0.1, -0.05) is 12.8 Å². The number of anilines is 1. The molecule has 1 aliphatic heterocycles. The summed E-state index contributed by atoms with van der Waals surface area (Å²) in [5, 5.41) is 0. The molecule has 1 fully saturated rings. The van der Waals surface area contributed by atoms with Crippen LogP contribution >= 0.6 is 0 Å². The lowest BCUT2D eigenvalue weighted by Crippen LogP contribution is -2.35. The zero-order chi connectivity index (χ0) is 15.5. The summed E-state index contributed by atoms with van der Waals surface area (Å²) in [6.45, 7) is 2.59. The molecule has 2 aromatic heterocycles. The molecule has 116 valence electrons. The first-order chi connectivity index (χ1) is 10.7. The highest BCUT2D eigenvalue weighted by Gasteiger charge is 2.31. The maximum Gasteiger partial charge on any atom is 0.276 e. The van der Waals surface area contributed by atoms with Gasteiger partial charge in [-0.2, -0.15) is 0 Å². The molecule has 1 saturated heterocycles. The molecule has 6 heteroatoms. The largest absolute Gasteiger partial charge is 0.464 e. The van der Waals surface area contributed by atoms with Crippen LogP contribution in [0.25, 0.3) is 0 Å². The topological polar surface area (TPSA) is 85.2 Å². The van der Waals surface area contributed by atoms with Gasteiger partial charge in [-0.25, -0.2) is 9.97 Å². The van der Waals surface area contributed by atoms with Crippen LogP contribution in [0.3, 0.4) is 0 Å². The molecule has 3 rings (SSSR count). The molecule has 0 radical (unpaired) electrons. The standard InChI is InChI=1S/C16H20N4O2/c1-11-6-7-13(22-11)12-5-3-2-4-10-20(12)16(21)14-15(17)19-9-8-18-14/h6-9,12H,2-5,10H2,1H3,(H2,17,19)/t12-/m1/s1. The molecule has 0 spiro atoms. The van der Waals surface area contributed by atoms with E-state index in [0.29, 0.717) is 6.54 Å². The van der Waals surface area contributed by atoms with E-state index in [4.69, 9.17) is 10.2 Å². The molecule has 2 aromatic rings. The average molecular weight is 300 g/mol. The number of nitrogens with two attached hydrogens (primary N) is 1. The van der Waals surface area contributed by atoms with Crippen molar-refractivity contribution in [2.75, 3.05) is 12.3 Å². The van der Waals surface area contributed by atoms with E-state index < -0.39 is 0 Å². The van der Waals surface area contributed by atoms with Crippen molar-refractivity contribution in [3.63, 3.8) is 0 Å². The molecule has 0 unspecified atom stereocenters. The number of amides is 1. The molecule has 1 amide bonds. The van der Waals surface area contributed by atoms with Crippen molar-refractivity contribution >= 4 is 11.7 Å². The van der Waals surface area contributed by atoms with Gasteiger partial charge in [0.2, 0.25) is 0 Å². The van der Waals surface area contributed by atoms with Crippen LogP contribution in [-0.2, 0) is 0 Å². The molecule has 3 heterocycles. The van der Waals surface area contributed by atoms with Crippen LogP contribution in [0.5, 0.6) is 0 Å². The molecule has 0 saturated carbocycles. The van der Waals surface area contributed by atoms with Gasteiger partial charge in [0.05, 0.1) is 6.04 Å². The Labute approximate surface area is 129 Å². The van der Waals surface area contributed by atoms with E-state index in [0.717, 1.165) is 37.2 Å². The quantitative estimate of drug-likeness (QED) is 0.921.